The number of nitrogens with zero attached hydrogens (tertiary/aromatic N) is 2. The van der Waals surface area contributed by atoms with Crippen molar-refractivity contribution < 1.29 is 14.1 Å². The number of nitrogens with one attached hydrogen (secondary N) is 1. The lowest BCUT2D eigenvalue weighted by Crippen LogP contribution is -2.36. The molecule has 0 fully saturated rings. The molecule has 0 spiro atoms. The number of halogens is 1. The molecule has 1 aromatic carbocycles. The Labute approximate surface area is 110 Å². The molecular weight excluding hydrogens is 253 g/mol. The van der Waals surface area contributed by atoms with E-state index < -0.39 is 10.7 Å². The van der Waals surface area contributed by atoms with Crippen molar-refractivity contribution in [2.75, 3.05) is 25.0 Å². The number of carbonyl (C=O) groups is 1. The molecule has 19 heavy (non-hydrogen) atoms. The van der Waals surface area contributed by atoms with Crippen molar-refractivity contribution in [1.82, 2.24) is 5.32 Å². The molecule has 0 aromatic heterocycles. The third kappa shape index (κ3) is 4.20. The molecule has 0 saturated heterocycles. The molecule has 0 aliphatic carbocycles. The number of rotatable bonds is 6. The number of nitro benzene ring substituents is 1. The van der Waals surface area contributed by atoms with Gasteiger partial charge >= 0.3 is 0 Å². The van der Waals surface area contributed by atoms with E-state index in [0.29, 0.717) is 12.2 Å². The van der Waals surface area contributed by atoms with Crippen LogP contribution in [0, 0.1) is 15.9 Å². The van der Waals surface area contributed by atoms with Gasteiger partial charge in [0.05, 0.1) is 17.5 Å². The van der Waals surface area contributed by atoms with Gasteiger partial charge in [0.1, 0.15) is 5.82 Å². The number of carbonyl (C=O) groups excluding carboxylic acids is 1. The Kier molecular flexibility index (Phi) is 5.23. The van der Waals surface area contributed by atoms with Crippen LogP contribution in [0.4, 0.5) is 15.8 Å². The highest BCUT2D eigenvalue weighted by Crippen LogP contribution is 2.23. The lowest BCUT2D eigenvalue weighted by molar-refractivity contribution is -0.385. The lowest BCUT2D eigenvalue weighted by Gasteiger charge is -2.23. The molecule has 0 radical (unpaired) electrons. The molecule has 0 aliphatic heterocycles. The molecule has 0 heterocycles. The average molecular weight is 269 g/mol. The van der Waals surface area contributed by atoms with Crippen LogP contribution in [-0.4, -0.2) is 31.0 Å². The first kappa shape index (κ1) is 14.9. The summed E-state index contributed by atoms with van der Waals surface area (Å²) in [6, 6.07) is 3.31. The van der Waals surface area contributed by atoms with Crippen LogP contribution in [0.2, 0.25) is 0 Å². The number of anilines is 1. The minimum absolute atomic E-state index is 0.0327. The van der Waals surface area contributed by atoms with Crippen LogP contribution in [0.25, 0.3) is 0 Å². The SMILES string of the molecule is CCCN(CC(=O)NC)c1cc(F)cc([N+](=O)[O-])c1. The monoisotopic (exact) mass is 269 g/mol. The summed E-state index contributed by atoms with van der Waals surface area (Å²) >= 11 is 0. The maximum Gasteiger partial charge on any atom is 0.274 e. The highest BCUT2D eigenvalue weighted by atomic mass is 19.1. The standard InChI is InChI=1S/C12H16FN3O3/c1-3-4-15(8-12(17)14-2)10-5-9(13)6-11(7-10)16(18)19/h5-7H,3-4,8H2,1-2H3,(H,14,17). The molecule has 1 aromatic rings. The summed E-state index contributed by atoms with van der Waals surface area (Å²) in [4.78, 5) is 23.0. The normalized spacial score (nSPS) is 10.1. The smallest absolute Gasteiger partial charge is 0.274 e. The quantitative estimate of drug-likeness (QED) is 0.630. The van der Waals surface area contributed by atoms with Crippen molar-refractivity contribution in [3.8, 4) is 0 Å². The molecule has 0 unspecified atom stereocenters. The molecule has 104 valence electrons. The van der Waals surface area contributed by atoms with Crippen molar-refractivity contribution >= 4 is 17.3 Å². The second-order valence-corrected chi connectivity index (χ2v) is 4.02. The van der Waals surface area contributed by atoms with Crippen molar-refractivity contribution in [1.29, 1.82) is 0 Å². The molecule has 1 rings (SSSR count). The number of hydrogen-bond acceptors (Lipinski definition) is 4. The maximum atomic E-state index is 13.4. The van der Waals surface area contributed by atoms with Gasteiger partial charge in [0.15, 0.2) is 0 Å². The second kappa shape index (κ2) is 6.67. The predicted molar refractivity (Wildman–Crippen MR) is 69.6 cm³/mol. The Hall–Kier alpha value is -2.18. The Balaban J connectivity index is 3.07. The van der Waals surface area contributed by atoms with Crippen LogP contribution in [-0.2, 0) is 4.79 Å². The molecule has 1 amide bonds. The fourth-order valence-corrected chi connectivity index (χ4v) is 1.67. The molecule has 0 bridgehead atoms. The van der Waals surface area contributed by atoms with Crippen LogP contribution in [0.3, 0.4) is 0 Å². The summed E-state index contributed by atoms with van der Waals surface area (Å²) in [6.07, 6.45) is 0.737. The van der Waals surface area contributed by atoms with Gasteiger partial charge in [-0.1, -0.05) is 6.92 Å². The highest BCUT2D eigenvalue weighted by molar-refractivity contribution is 5.81. The summed E-state index contributed by atoms with van der Waals surface area (Å²) in [5, 5.41) is 13.2. The minimum atomic E-state index is -0.692. The van der Waals surface area contributed by atoms with E-state index in [4.69, 9.17) is 0 Å². The summed E-state index contributed by atoms with van der Waals surface area (Å²) in [6.45, 7) is 2.45. The van der Waals surface area contributed by atoms with E-state index >= 15 is 0 Å². The molecule has 7 heteroatoms. The molecule has 1 N–H and O–H groups in total. The number of benzene rings is 1. The van der Waals surface area contributed by atoms with E-state index in [9.17, 15) is 19.3 Å². The number of amides is 1. The van der Waals surface area contributed by atoms with Gasteiger partial charge in [-0.15, -0.1) is 0 Å². The number of likely N-dealkylation sites (N-methyl/N-ethyl adjacent to an activating group) is 1. The van der Waals surface area contributed by atoms with E-state index in [0.717, 1.165) is 12.5 Å². The largest absolute Gasteiger partial charge is 0.362 e. The van der Waals surface area contributed by atoms with Gasteiger partial charge in [0.2, 0.25) is 5.91 Å². The Bertz CT molecular complexity index is 479. The zero-order valence-corrected chi connectivity index (χ0v) is 10.9. The fraction of sp³-hybridized carbons (Fsp3) is 0.417. The van der Waals surface area contributed by atoms with Crippen molar-refractivity contribution in [3.05, 3.63) is 34.1 Å². The van der Waals surface area contributed by atoms with E-state index in [1.807, 2.05) is 6.92 Å². The van der Waals surface area contributed by atoms with Gasteiger partial charge in [-0.3, -0.25) is 14.9 Å². The first-order valence-corrected chi connectivity index (χ1v) is 5.88. The van der Waals surface area contributed by atoms with Gasteiger partial charge in [-0.05, 0) is 12.5 Å². The maximum absolute atomic E-state index is 13.4. The van der Waals surface area contributed by atoms with E-state index in [1.54, 1.807) is 4.90 Å². The van der Waals surface area contributed by atoms with Gasteiger partial charge in [0, 0.05) is 25.3 Å². The third-order valence-corrected chi connectivity index (χ3v) is 2.55. The zero-order valence-electron chi connectivity index (χ0n) is 10.9. The Morgan fingerprint density at radius 2 is 2.16 bits per heavy atom. The van der Waals surface area contributed by atoms with Crippen molar-refractivity contribution in [2.45, 2.75) is 13.3 Å². The van der Waals surface area contributed by atoms with Gasteiger partial charge < -0.3 is 10.2 Å². The first-order chi connectivity index (χ1) is 8.97. The summed E-state index contributed by atoms with van der Waals surface area (Å²) in [5.74, 6) is -0.928. The molecule has 0 atom stereocenters. The molecule has 6 nitrogen and oxygen atoms in total. The molecular formula is C12H16FN3O3. The van der Waals surface area contributed by atoms with Crippen LogP contribution >= 0.6 is 0 Å². The van der Waals surface area contributed by atoms with Crippen LogP contribution in [0.1, 0.15) is 13.3 Å². The average Bonchev–Trinajstić information content (AvgIpc) is 2.37. The van der Waals surface area contributed by atoms with E-state index in [2.05, 4.69) is 5.32 Å². The van der Waals surface area contributed by atoms with Gasteiger partial charge in [-0.25, -0.2) is 4.39 Å². The molecule has 0 aliphatic rings. The summed E-state index contributed by atoms with van der Waals surface area (Å²) < 4.78 is 13.4. The second-order valence-electron chi connectivity index (χ2n) is 4.02. The summed E-state index contributed by atoms with van der Waals surface area (Å²) in [7, 11) is 1.50. The zero-order chi connectivity index (χ0) is 14.4. The number of nitro groups is 1. The van der Waals surface area contributed by atoms with Crippen LogP contribution in [0.15, 0.2) is 18.2 Å². The molecule has 0 saturated carbocycles. The number of non-ortho nitro benzene ring substituents is 1. The Morgan fingerprint density at radius 3 is 2.68 bits per heavy atom. The lowest BCUT2D eigenvalue weighted by atomic mass is 10.2. The fourth-order valence-electron chi connectivity index (χ4n) is 1.67. The predicted octanol–water partition coefficient (Wildman–Crippen LogP) is 1.70. The van der Waals surface area contributed by atoms with Crippen molar-refractivity contribution in [2.24, 2.45) is 0 Å². The van der Waals surface area contributed by atoms with Crippen LogP contribution < -0.4 is 10.2 Å². The highest BCUT2D eigenvalue weighted by Gasteiger charge is 2.15. The topological polar surface area (TPSA) is 75.5 Å². The van der Waals surface area contributed by atoms with Gasteiger partial charge in [0.25, 0.3) is 5.69 Å². The van der Waals surface area contributed by atoms with Crippen molar-refractivity contribution in [3.63, 3.8) is 0 Å². The van der Waals surface area contributed by atoms with E-state index in [1.165, 1.54) is 19.2 Å². The Morgan fingerprint density at radius 1 is 1.47 bits per heavy atom. The summed E-state index contributed by atoms with van der Waals surface area (Å²) in [5.41, 5.74) is 0.00478. The number of hydrogen-bond donors (Lipinski definition) is 1. The van der Waals surface area contributed by atoms with Crippen LogP contribution in [0.5, 0.6) is 0 Å². The third-order valence-electron chi connectivity index (χ3n) is 2.55. The first-order valence-electron chi connectivity index (χ1n) is 5.88. The minimum Gasteiger partial charge on any atom is -0.362 e. The van der Waals surface area contributed by atoms with Gasteiger partial charge in [-0.2, -0.15) is 0 Å². The van der Waals surface area contributed by atoms with E-state index in [-0.39, 0.29) is 18.1 Å².